The van der Waals surface area contributed by atoms with Crippen LogP contribution in [0.15, 0.2) is 24.5 Å². The number of nitrogens with one attached hydrogen (secondary N) is 1. The number of nitrogens with zero attached hydrogens (tertiary/aromatic N) is 1. The Morgan fingerprint density at radius 3 is 2.69 bits per heavy atom. The minimum absolute atomic E-state index is 0.739. The average molecular weight is 218 g/mol. The summed E-state index contributed by atoms with van der Waals surface area (Å²) in [6.45, 7) is 5.69. The van der Waals surface area contributed by atoms with Gasteiger partial charge in [-0.05, 0) is 48.9 Å². The average Bonchev–Trinajstić information content (AvgIpc) is 2.30. The number of hydrogen-bond acceptors (Lipinski definition) is 2. The van der Waals surface area contributed by atoms with Gasteiger partial charge < -0.3 is 5.32 Å². The standard InChI is InChI=1S/C14H22N2/c1-3-7-16-14-10-13(12(14)4-2)11-5-8-15-9-6-11/h5-6,8-9,12-14,16H,3-4,7,10H2,1-2H3. The van der Waals surface area contributed by atoms with Crippen LogP contribution < -0.4 is 5.32 Å². The Morgan fingerprint density at radius 2 is 2.06 bits per heavy atom. The molecule has 0 aromatic carbocycles. The molecular weight excluding hydrogens is 196 g/mol. The lowest BCUT2D eigenvalue weighted by molar-refractivity contribution is 0.161. The van der Waals surface area contributed by atoms with E-state index >= 15 is 0 Å². The molecule has 1 aromatic heterocycles. The molecule has 1 heterocycles. The Kier molecular flexibility index (Phi) is 3.94. The lowest BCUT2D eigenvalue weighted by atomic mass is 9.65. The smallest absolute Gasteiger partial charge is 0.0270 e. The Morgan fingerprint density at radius 1 is 1.31 bits per heavy atom. The first-order chi connectivity index (χ1) is 7.86. The molecule has 88 valence electrons. The van der Waals surface area contributed by atoms with Crippen molar-refractivity contribution in [2.75, 3.05) is 6.54 Å². The van der Waals surface area contributed by atoms with Crippen molar-refractivity contribution in [3.05, 3.63) is 30.1 Å². The van der Waals surface area contributed by atoms with E-state index in [0.717, 1.165) is 24.4 Å². The predicted octanol–water partition coefficient (Wildman–Crippen LogP) is 2.96. The predicted molar refractivity (Wildman–Crippen MR) is 67.5 cm³/mol. The zero-order chi connectivity index (χ0) is 11.4. The molecule has 1 N–H and O–H groups in total. The molecule has 0 radical (unpaired) electrons. The lowest BCUT2D eigenvalue weighted by Gasteiger charge is -2.45. The van der Waals surface area contributed by atoms with Crippen LogP contribution in [0.3, 0.4) is 0 Å². The van der Waals surface area contributed by atoms with Gasteiger partial charge in [0.05, 0.1) is 0 Å². The van der Waals surface area contributed by atoms with E-state index in [1.807, 2.05) is 12.4 Å². The first-order valence-corrected chi connectivity index (χ1v) is 6.50. The quantitative estimate of drug-likeness (QED) is 0.822. The fourth-order valence-electron chi connectivity index (χ4n) is 2.84. The van der Waals surface area contributed by atoms with Crippen LogP contribution in [-0.4, -0.2) is 17.6 Å². The topological polar surface area (TPSA) is 24.9 Å². The van der Waals surface area contributed by atoms with E-state index in [9.17, 15) is 0 Å². The second kappa shape index (κ2) is 5.44. The molecule has 1 aliphatic rings. The van der Waals surface area contributed by atoms with Crippen molar-refractivity contribution in [3.63, 3.8) is 0 Å². The monoisotopic (exact) mass is 218 g/mol. The van der Waals surface area contributed by atoms with E-state index in [1.54, 1.807) is 0 Å². The van der Waals surface area contributed by atoms with Gasteiger partial charge in [0.1, 0.15) is 0 Å². The summed E-state index contributed by atoms with van der Waals surface area (Å²) in [6, 6.07) is 5.08. The van der Waals surface area contributed by atoms with Gasteiger partial charge >= 0.3 is 0 Å². The summed E-state index contributed by atoms with van der Waals surface area (Å²) in [6.07, 6.45) is 7.62. The third-order valence-corrected chi connectivity index (χ3v) is 3.80. The molecule has 16 heavy (non-hydrogen) atoms. The molecule has 0 spiro atoms. The van der Waals surface area contributed by atoms with E-state index in [-0.39, 0.29) is 0 Å². The molecule has 0 bridgehead atoms. The zero-order valence-corrected chi connectivity index (χ0v) is 10.3. The molecule has 2 nitrogen and oxygen atoms in total. The van der Waals surface area contributed by atoms with Crippen LogP contribution in [0.1, 0.15) is 44.6 Å². The summed E-state index contributed by atoms with van der Waals surface area (Å²) in [4.78, 5) is 4.09. The largest absolute Gasteiger partial charge is 0.314 e. The highest BCUT2D eigenvalue weighted by Gasteiger charge is 2.39. The highest BCUT2D eigenvalue weighted by atomic mass is 14.9. The fourth-order valence-corrected chi connectivity index (χ4v) is 2.84. The Hall–Kier alpha value is -0.890. The van der Waals surface area contributed by atoms with Crippen LogP contribution in [0.25, 0.3) is 0 Å². The van der Waals surface area contributed by atoms with Crippen LogP contribution >= 0.6 is 0 Å². The summed E-state index contributed by atoms with van der Waals surface area (Å²) in [5.41, 5.74) is 1.47. The molecule has 1 saturated carbocycles. The van der Waals surface area contributed by atoms with Crippen molar-refractivity contribution in [3.8, 4) is 0 Å². The van der Waals surface area contributed by atoms with Gasteiger partial charge in [0.25, 0.3) is 0 Å². The van der Waals surface area contributed by atoms with Gasteiger partial charge in [-0.2, -0.15) is 0 Å². The van der Waals surface area contributed by atoms with E-state index in [1.165, 1.54) is 24.8 Å². The van der Waals surface area contributed by atoms with Crippen molar-refractivity contribution in [1.29, 1.82) is 0 Å². The summed E-state index contributed by atoms with van der Waals surface area (Å²) in [7, 11) is 0. The van der Waals surface area contributed by atoms with Crippen LogP contribution in [0, 0.1) is 5.92 Å². The van der Waals surface area contributed by atoms with Gasteiger partial charge in [0.2, 0.25) is 0 Å². The molecule has 1 aliphatic carbocycles. The highest BCUT2D eigenvalue weighted by molar-refractivity contribution is 5.22. The maximum Gasteiger partial charge on any atom is 0.0270 e. The van der Waals surface area contributed by atoms with E-state index in [2.05, 4.69) is 36.3 Å². The van der Waals surface area contributed by atoms with Crippen LogP contribution in [-0.2, 0) is 0 Å². The minimum atomic E-state index is 0.739. The van der Waals surface area contributed by atoms with Crippen LogP contribution in [0.4, 0.5) is 0 Å². The third-order valence-electron chi connectivity index (χ3n) is 3.80. The molecule has 1 fully saturated rings. The number of pyridine rings is 1. The first-order valence-electron chi connectivity index (χ1n) is 6.50. The van der Waals surface area contributed by atoms with Gasteiger partial charge in [-0.3, -0.25) is 4.98 Å². The number of aromatic nitrogens is 1. The molecule has 3 unspecified atom stereocenters. The maximum atomic E-state index is 4.09. The van der Waals surface area contributed by atoms with E-state index in [4.69, 9.17) is 0 Å². The maximum absolute atomic E-state index is 4.09. The molecular formula is C14H22N2. The molecule has 0 aliphatic heterocycles. The van der Waals surface area contributed by atoms with E-state index in [0.29, 0.717) is 0 Å². The minimum Gasteiger partial charge on any atom is -0.314 e. The third kappa shape index (κ3) is 2.27. The summed E-state index contributed by atoms with van der Waals surface area (Å²) in [5, 5.41) is 3.65. The van der Waals surface area contributed by atoms with Gasteiger partial charge in [0.15, 0.2) is 0 Å². The summed E-state index contributed by atoms with van der Waals surface area (Å²) < 4.78 is 0. The lowest BCUT2D eigenvalue weighted by Crippen LogP contribution is -2.49. The van der Waals surface area contributed by atoms with Crippen molar-refractivity contribution in [1.82, 2.24) is 10.3 Å². The first kappa shape index (κ1) is 11.6. The van der Waals surface area contributed by atoms with Gasteiger partial charge in [-0.15, -0.1) is 0 Å². The number of hydrogen-bond donors (Lipinski definition) is 1. The summed E-state index contributed by atoms with van der Waals surface area (Å²) >= 11 is 0. The van der Waals surface area contributed by atoms with Crippen molar-refractivity contribution < 1.29 is 0 Å². The van der Waals surface area contributed by atoms with Gasteiger partial charge in [-0.1, -0.05) is 20.3 Å². The van der Waals surface area contributed by atoms with E-state index < -0.39 is 0 Å². The Labute approximate surface area is 98.5 Å². The summed E-state index contributed by atoms with van der Waals surface area (Å²) in [5.74, 6) is 1.57. The van der Waals surface area contributed by atoms with Crippen LogP contribution in [0.2, 0.25) is 0 Å². The Balaban J connectivity index is 1.95. The van der Waals surface area contributed by atoms with Gasteiger partial charge in [-0.25, -0.2) is 0 Å². The van der Waals surface area contributed by atoms with Crippen molar-refractivity contribution in [2.45, 2.75) is 45.1 Å². The van der Waals surface area contributed by atoms with Gasteiger partial charge in [0, 0.05) is 18.4 Å². The molecule has 3 atom stereocenters. The normalized spacial score (nSPS) is 28.8. The molecule has 1 aromatic rings. The second-order valence-corrected chi connectivity index (χ2v) is 4.76. The molecule has 0 amide bonds. The molecule has 2 rings (SSSR count). The van der Waals surface area contributed by atoms with Crippen LogP contribution in [0.5, 0.6) is 0 Å². The van der Waals surface area contributed by atoms with Crippen molar-refractivity contribution in [2.24, 2.45) is 5.92 Å². The highest BCUT2D eigenvalue weighted by Crippen LogP contribution is 2.44. The second-order valence-electron chi connectivity index (χ2n) is 4.76. The molecule has 2 heteroatoms. The fraction of sp³-hybridized carbons (Fsp3) is 0.643. The molecule has 0 saturated heterocycles. The zero-order valence-electron chi connectivity index (χ0n) is 10.3. The Bertz CT molecular complexity index is 310. The van der Waals surface area contributed by atoms with Crippen molar-refractivity contribution >= 4 is 0 Å². The SMILES string of the molecule is CCCNC1CC(c2ccncc2)C1CC. The number of rotatable bonds is 5.